The largest absolute Gasteiger partial charge is 0.478 e. The van der Waals surface area contributed by atoms with E-state index in [1.54, 1.807) is 20.8 Å². The van der Waals surface area contributed by atoms with E-state index in [0.717, 1.165) is 0 Å². The maximum absolute atomic E-state index is 12.3. The zero-order valence-electron chi connectivity index (χ0n) is 13.0. The molecule has 2 atom stereocenters. The zero-order valence-corrected chi connectivity index (χ0v) is 13.8. The van der Waals surface area contributed by atoms with Gasteiger partial charge in [-0.25, -0.2) is 18.0 Å². The monoisotopic (exact) mass is 347 g/mol. The molecule has 0 aromatic carbocycles. The molecule has 9 nitrogen and oxygen atoms in total. The first kappa shape index (κ1) is 17.4. The molecule has 2 heterocycles. The Hall–Kier alpha value is -1.94. The van der Waals surface area contributed by atoms with Crippen LogP contribution in [0.1, 0.15) is 20.8 Å². The van der Waals surface area contributed by atoms with Crippen molar-refractivity contribution < 1.29 is 37.4 Å². The van der Waals surface area contributed by atoms with Crippen molar-refractivity contribution in [3.05, 3.63) is 11.3 Å². The number of hydrogen-bond donors (Lipinski definition) is 1. The van der Waals surface area contributed by atoms with Crippen molar-refractivity contribution in [3.8, 4) is 0 Å². The number of esters is 1. The molecule has 1 amide bonds. The summed E-state index contributed by atoms with van der Waals surface area (Å²) in [7, 11) is -2.82. The molecule has 1 fully saturated rings. The van der Waals surface area contributed by atoms with Gasteiger partial charge in [0.05, 0.1) is 11.3 Å². The van der Waals surface area contributed by atoms with Gasteiger partial charge >= 0.3 is 11.9 Å². The number of aliphatic carboxylic acids is 1. The summed E-state index contributed by atoms with van der Waals surface area (Å²) in [4.78, 5) is 36.4. The van der Waals surface area contributed by atoms with E-state index < -0.39 is 61.8 Å². The number of ether oxygens (including phenoxy) is 2. The highest BCUT2D eigenvalue weighted by atomic mass is 32.2. The van der Waals surface area contributed by atoms with Gasteiger partial charge in [-0.15, -0.1) is 0 Å². The lowest BCUT2D eigenvalue weighted by atomic mass is 10.0. The number of fused-ring (bicyclic) bond motifs is 1. The second kappa shape index (κ2) is 5.31. The van der Waals surface area contributed by atoms with E-state index in [2.05, 4.69) is 0 Å². The Morgan fingerprint density at radius 3 is 2.30 bits per heavy atom. The van der Waals surface area contributed by atoms with E-state index in [1.165, 1.54) is 7.11 Å². The molecule has 1 N–H and O–H groups in total. The summed E-state index contributed by atoms with van der Waals surface area (Å²) in [5.74, 6) is -4.31. The first-order chi connectivity index (χ1) is 10.4. The SMILES string of the molecule is COC1C(=O)N2C(C(=O)OC(C)(C)C)=C(C(=O)O)CS(=O)(=O)C12. The second-order valence-corrected chi connectivity index (χ2v) is 8.29. The summed E-state index contributed by atoms with van der Waals surface area (Å²) >= 11 is 0. The average Bonchev–Trinajstić information content (AvgIpc) is 2.36. The molecule has 10 heteroatoms. The van der Waals surface area contributed by atoms with Crippen LogP contribution in [0.25, 0.3) is 0 Å². The molecular weight excluding hydrogens is 330 g/mol. The fraction of sp³-hybridized carbons (Fsp3) is 0.615. The maximum atomic E-state index is 12.3. The number of carbonyl (C=O) groups is 3. The topological polar surface area (TPSA) is 127 Å². The lowest BCUT2D eigenvalue weighted by Crippen LogP contribution is -2.71. The fourth-order valence-electron chi connectivity index (χ4n) is 2.45. The van der Waals surface area contributed by atoms with E-state index in [0.29, 0.717) is 4.90 Å². The number of amides is 1. The molecule has 128 valence electrons. The van der Waals surface area contributed by atoms with Crippen molar-refractivity contribution in [1.82, 2.24) is 4.90 Å². The van der Waals surface area contributed by atoms with Crippen LogP contribution in [0, 0.1) is 0 Å². The van der Waals surface area contributed by atoms with Crippen LogP contribution in [0.15, 0.2) is 11.3 Å². The number of nitrogens with zero attached hydrogens (tertiary/aromatic N) is 1. The highest BCUT2D eigenvalue weighted by Crippen LogP contribution is 2.38. The number of rotatable bonds is 3. The molecule has 2 aliphatic rings. The Morgan fingerprint density at radius 1 is 1.30 bits per heavy atom. The number of carbonyl (C=O) groups excluding carboxylic acids is 2. The van der Waals surface area contributed by atoms with Crippen LogP contribution in [-0.4, -0.2) is 66.2 Å². The molecule has 0 aliphatic carbocycles. The summed E-state index contributed by atoms with van der Waals surface area (Å²) in [5, 5.41) is 7.81. The third-order valence-corrected chi connectivity index (χ3v) is 5.22. The molecule has 0 radical (unpaired) electrons. The van der Waals surface area contributed by atoms with E-state index >= 15 is 0 Å². The average molecular weight is 347 g/mol. The van der Waals surface area contributed by atoms with Gasteiger partial charge in [-0.05, 0) is 20.8 Å². The van der Waals surface area contributed by atoms with E-state index in [9.17, 15) is 27.9 Å². The van der Waals surface area contributed by atoms with E-state index in [-0.39, 0.29) is 0 Å². The van der Waals surface area contributed by atoms with E-state index in [4.69, 9.17) is 9.47 Å². The van der Waals surface area contributed by atoms with Crippen molar-refractivity contribution in [3.63, 3.8) is 0 Å². The first-order valence-electron chi connectivity index (χ1n) is 6.68. The summed E-state index contributed by atoms with van der Waals surface area (Å²) in [6, 6.07) is 0. The van der Waals surface area contributed by atoms with Gasteiger partial charge in [-0.1, -0.05) is 0 Å². The first-order valence-corrected chi connectivity index (χ1v) is 8.39. The molecule has 0 aromatic rings. The van der Waals surface area contributed by atoms with Crippen molar-refractivity contribution in [1.29, 1.82) is 0 Å². The molecule has 0 saturated carbocycles. The molecule has 0 aromatic heterocycles. The third-order valence-electron chi connectivity index (χ3n) is 3.34. The van der Waals surface area contributed by atoms with Crippen LogP contribution >= 0.6 is 0 Å². The second-order valence-electron chi connectivity index (χ2n) is 6.20. The highest BCUT2D eigenvalue weighted by molar-refractivity contribution is 7.92. The zero-order chi connectivity index (χ0) is 17.7. The molecule has 2 rings (SSSR count). The van der Waals surface area contributed by atoms with Crippen LogP contribution in [0.4, 0.5) is 0 Å². The van der Waals surface area contributed by atoms with Gasteiger partial charge in [0.15, 0.2) is 21.3 Å². The Balaban J connectivity index is 2.57. The van der Waals surface area contributed by atoms with Gasteiger partial charge in [0.1, 0.15) is 11.3 Å². The minimum atomic E-state index is -3.99. The smallest absolute Gasteiger partial charge is 0.356 e. The molecular formula is C13H17NO8S. The molecule has 0 bridgehead atoms. The number of sulfone groups is 1. The highest BCUT2D eigenvalue weighted by Gasteiger charge is 2.61. The predicted molar refractivity (Wildman–Crippen MR) is 75.7 cm³/mol. The Morgan fingerprint density at radius 2 is 1.87 bits per heavy atom. The molecule has 2 aliphatic heterocycles. The summed E-state index contributed by atoms with van der Waals surface area (Å²) in [5.41, 5.74) is -2.17. The normalized spacial score (nSPS) is 26.4. The van der Waals surface area contributed by atoms with E-state index in [1.807, 2.05) is 0 Å². The number of hydrogen-bond acceptors (Lipinski definition) is 7. The third kappa shape index (κ3) is 2.83. The number of carboxylic acids is 1. The Bertz CT molecular complexity index is 715. The number of carboxylic acid groups (broad SMARTS) is 1. The fourth-order valence-corrected chi connectivity index (χ4v) is 4.42. The quantitative estimate of drug-likeness (QED) is 0.523. The van der Waals surface area contributed by atoms with Gasteiger partial charge in [0.2, 0.25) is 0 Å². The van der Waals surface area contributed by atoms with Crippen LogP contribution in [0.5, 0.6) is 0 Å². The van der Waals surface area contributed by atoms with Crippen molar-refractivity contribution >= 4 is 27.7 Å². The van der Waals surface area contributed by atoms with Crippen LogP contribution in [0.3, 0.4) is 0 Å². The molecule has 0 spiro atoms. The van der Waals surface area contributed by atoms with Gasteiger partial charge in [-0.3, -0.25) is 9.69 Å². The minimum Gasteiger partial charge on any atom is -0.478 e. The van der Waals surface area contributed by atoms with Crippen LogP contribution < -0.4 is 0 Å². The van der Waals surface area contributed by atoms with Crippen molar-refractivity contribution in [2.45, 2.75) is 37.9 Å². The Labute approximate surface area is 132 Å². The van der Waals surface area contributed by atoms with Crippen LogP contribution in [-0.2, 0) is 33.7 Å². The van der Waals surface area contributed by atoms with Crippen molar-refractivity contribution in [2.75, 3.05) is 12.9 Å². The number of β-lactam (4-membered cyclic amide) rings is 1. The molecule has 23 heavy (non-hydrogen) atoms. The lowest BCUT2D eigenvalue weighted by molar-refractivity contribution is -0.167. The Kier molecular flexibility index (Phi) is 4.02. The summed E-state index contributed by atoms with van der Waals surface area (Å²) in [6.45, 7) is 4.70. The lowest BCUT2D eigenvalue weighted by Gasteiger charge is -2.48. The minimum absolute atomic E-state index is 0.550. The predicted octanol–water partition coefficient (Wildman–Crippen LogP) is -0.721. The van der Waals surface area contributed by atoms with Gasteiger partial charge in [0.25, 0.3) is 5.91 Å². The molecule has 2 unspecified atom stereocenters. The molecule has 1 saturated heterocycles. The van der Waals surface area contributed by atoms with Gasteiger partial charge in [-0.2, -0.15) is 0 Å². The standard InChI is InChI=1S/C13H17NO8S/c1-13(2,3)22-12(18)7-6(11(16)17)5-23(19,20)10-8(21-4)9(15)14(7)10/h8,10H,5H2,1-4H3,(H,16,17). The van der Waals surface area contributed by atoms with Gasteiger partial charge in [0, 0.05) is 7.11 Å². The van der Waals surface area contributed by atoms with Gasteiger partial charge < -0.3 is 14.6 Å². The maximum Gasteiger partial charge on any atom is 0.356 e. The summed E-state index contributed by atoms with van der Waals surface area (Å²) < 4.78 is 34.3. The summed E-state index contributed by atoms with van der Waals surface area (Å²) in [6.07, 6.45) is -1.26. The number of methoxy groups -OCH3 is 1. The van der Waals surface area contributed by atoms with Crippen LogP contribution in [0.2, 0.25) is 0 Å². The van der Waals surface area contributed by atoms with Crippen molar-refractivity contribution in [2.24, 2.45) is 0 Å².